The number of rotatable bonds is 4. The minimum absolute atomic E-state index is 0. The van der Waals surface area contributed by atoms with Gasteiger partial charge in [0.05, 0.1) is 6.61 Å². The Morgan fingerprint density at radius 3 is 2.85 bits per heavy atom. The average Bonchev–Trinajstić information content (AvgIpc) is 3.06. The van der Waals surface area contributed by atoms with Gasteiger partial charge in [-0.25, -0.2) is 0 Å². The molecule has 0 aromatic carbocycles. The first-order valence-electron chi connectivity index (χ1n) is 8.54. The third-order valence-electron chi connectivity index (χ3n) is 4.17. The molecule has 1 unspecified atom stereocenters. The van der Waals surface area contributed by atoms with Crippen molar-refractivity contribution in [2.45, 2.75) is 19.9 Å². The average molecular weight is 412 g/mol. The van der Waals surface area contributed by atoms with Crippen LogP contribution in [0, 0.1) is 0 Å². The lowest BCUT2D eigenvalue weighted by Gasteiger charge is -2.33. The number of fused-ring (bicyclic) bond motifs is 1. The molecule has 0 spiro atoms. The molecule has 1 saturated heterocycles. The highest BCUT2D eigenvalue weighted by Gasteiger charge is 2.21. The maximum atomic E-state index is 5.64. The largest absolute Gasteiger partial charge is 0.478 e. The van der Waals surface area contributed by atoms with Crippen LogP contribution in [0.5, 0.6) is 5.88 Å². The molecule has 1 aliphatic rings. The van der Waals surface area contributed by atoms with Crippen LogP contribution in [-0.2, 0) is 0 Å². The molecule has 1 atom stereocenters. The number of hydrogen-bond donors (Lipinski definition) is 1. The van der Waals surface area contributed by atoms with Crippen molar-refractivity contribution in [3.05, 3.63) is 30.6 Å². The second-order valence-corrected chi connectivity index (χ2v) is 6.08. The normalized spacial score (nSPS) is 16.5. The van der Waals surface area contributed by atoms with Crippen molar-refractivity contribution in [3.63, 3.8) is 0 Å². The zero-order valence-corrected chi connectivity index (χ0v) is 16.8. The highest BCUT2D eigenvalue weighted by atomic mass is 35.5. The molecule has 0 saturated carbocycles. The summed E-state index contributed by atoms with van der Waals surface area (Å²) in [4.78, 5) is 15.5. The van der Waals surface area contributed by atoms with Gasteiger partial charge in [0.15, 0.2) is 5.82 Å². The van der Waals surface area contributed by atoms with E-state index in [4.69, 9.17) is 4.74 Å². The molecule has 10 heteroatoms. The standard InChI is InChI=1S/C17H21N7O.2ClH/c1-3-25-14-9-15(23-8-7-19-12(2)11-23)24-17(20-14)21-16(22-24)13-5-4-6-18-10-13;;/h4-6,9-10,12,19H,3,7-8,11H2,1-2H3;2*1H. The van der Waals surface area contributed by atoms with Crippen molar-refractivity contribution in [1.82, 2.24) is 29.9 Å². The number of aromatic nitrogens is 5. The number of halogens is 2. The molecule has 3 aromatic heterocycles. The van der Waals surface area contributed by atoms with Gasteiger partial charge in [-0.15, -0.1) is 29.9 Å². The molecular weight excluding hydrogens is 389 g/mol. The topological polar surface area (TPSA) is 80.5 Å². The molecule has 0 radical (unpaired) electrons. The van der Waals surface area contributed by atoms with Crippen molar-refractivity contribution >= 4 is 36.4 Å². The van der Waals surface area contributed by atoms with Crippen LogP contribution >= 0.6 is 24.8 Å². The van der Waals surface area contributed by atoms with E-state index in [0.29, 0.717) is 30.1 Å². The van der Waals surface area contributed by atoms with Crippen LogP contribution in [0.2, 0.25) is 0 Å². The van der Waals surface area contributed by atoms with Crippen molar-refractivity contribution in [1.29, 1.82) is 0 Å². The fourth-order valence-corrected chi connectivity index (χ4v) is 3.04. The molecule has 4 rings (SSSR count). The van der Waals surface area contributed by atoms with Crippen molar-refractivity contribution in [3.8, 4) is 17.3 Å². The maximum absolute atomic E-state index is 5.64. The van der Waals surface area contributed by atoms with E-state index in [2.05, 4.69) is 37.2 Å². The van der Waals surface area contributed by atoms with Crippen molar-refractivity contribution in [2.75, 3.05) is 31.1 Å². The van der Waals surface area contributed by atoms with E-state index >= 15 is 0 Å². The minimum atomic E-state index is 0. The molecular formula is C17H23Cl2N7O. The summed E-state index contributed by atoms with van der Waals surface area (Å²) < 4.78 is 7.43. The van der Waals surface area contributed by atoms with Crippen LogP contribution in [-0.4, -0.2) is 56.8 Å². The summed E-state index contributed by atoms with van der Waals surface area (Å²) in [6.45, 7) is 7.41. The Morgan fingerprint density at radius 2 is 2.15 bits per heavy atom. The Balaban J connectivity index is 0.00000131. The summed E-state index contributed by atoms with van der Waals surface area (Å²) in [5.41, 5.74) is 0.866. The quantitative estimate of drug-likeness (QED) is 0.704. The van der Waals surface area contributed by atoms with Crippen LogP contribution in [0.3, 0.4) is 0 Å². The van der Waals surface area contributed by atoms with E-state index in [-0.39, 0.29) is 24.8 Å². The number of hydrogen-bond acceptors (Lipinski definition) is 7. The van der Waals surface area contributed by atoms with Gasteiger partial charge in [-0.05, 0) is 26.0 Å². The van der Waals surface area contributed by atoms with Crippen LogP contribution in [0.1, 0.15) is 13.8 Å². The smallest absolute Gasteiger partial charge is 0.257 e. The Bertz CT molecular complexity index is 874. The summed E-state index contributed by atoms with van der Waals surface area (Å²) >= 11 is 0. The first kappa shape index (κ1) is 21.1. The SMILES string of the molecule is CCOc1cc(N2CCNC(C)C2)n2nc(-c3cccnc3)nc2n1.Cl.Cl. The van der Waals surface area contributed by atoms with E-state index < -0.39 is 0 Å². The molecule has 0 amide bonds. The molecule has 1 N–H and O–H groups in total. The lowest BCUT2D eigenvalue weighted by molar-refractivity contribution is 0.326. The van der Waals surface area contributed by atoms with Gasteiger partial charge >= 0.3 is 0 Å². The third-order valence-corrected chi connectivity index (χ3v) is 4.17. The molecule has 146 valence electrons. The number of pyridine rings is 1. The highest BCUT2D eigenvalue weighted by molar-refractivity contribution is 5.85. The number of anilines is 1. The fraction of sp³-hybridized carbons (Fsp3) is 0.412. The molecule has 0 aliphatic carbocycles. The summed E-state index contributed by atoms with van der Waals surface area (Å²) in [6.07, 6.45) is 3.49. The second kappa shape index (κ2) is 9.16. The molecule has 3 aromatic rings. The van der Waals surface area contributed by atoms with Gasteiger partial charge in [-0.3, -0.25) is 4.98 Å². The van der Waals surface area contributed by atoms with Crippen LogP contribution in [0.15, 0.2) is 30.6 Å². The lowest BCUT2D eigenvalue weighted by atomic mass is 10.2. The van der Waals surface area contributed by atoms with Crippen molar-refractivity contribution in [2.24, 2.45) is 0 Å². The first-order valence-corrected chi connectivity index (χ1v) is 8.54. The van der Waals surface area contributed by atoms with Gasteiger partial charge in [0.2, 0.25) is 5.88 Å². The van der Waals surface area contributed by atoms with Crippen LogP contribution < -0.4 is 15.0 Å². The van der Waals surface area contributed by atoms with Gasteiger partial charge in [-0.1, -0.05) is 0 Å². The van der Waals surface area contributed by atoms with E-state index in [9.17, 15) is 0 Å². The number of nitrogens with zero attached hydrogens (tertiary/aromatic N) is 6. The maximum Gasteiger partial charge on any atom is 0.257 e. The van der Waals surface area contributed by atoms with Gasteiger partial charge in [0, 0.05) is 49.7 Å². The summed E-state index contributed by atoms with van der Waals surface area (Å²) in [5, 5.41) is 8.13. The Hall–Kier alpha value is -2.16. The monoisotopic (exact) mass is 411 g/mol. The first-order chi connectivity index (χ1) is 12.2. The number of piperazine rings is 1. The second-order valence-electron chi connectivity index (χ2n) is 6.08. The molecule has 8 nitrogen and oxygen atoms in total. The predicted octanol–water partition coefficient (Wildman–Crippen LogP) is 2.23. The van der Waals surface area contributed by atoms with E-state index in [1.807, 2.05) is 25.1 Å². The minimum Gasteiger partial charge on any atom is -0.478 e. The molecule has 0 bridgehead atoms. The van der Waals surface area contributed by atoms with Gasteiger partial charge < -0.3 is 15.0 Å². The zero-order chi connectivity index (χ0) is 17.2. The molecule has 1 fully saturated rings. The Morgan fingerprint density at radius 1 is 1.30 bits per heavy atom. The van der Waals surface area contributed by atoms with Gasteiger partial charge in [0.25, 0.3) is 5.78 Å². The van der Waals surface area contributed by atoms with Gasteiger partial charge in [-0.2, -0.15) is 14.5 Å². The third kappa shape index (κ3) is 4.40. The van der Waals surface area contributed by atoms with E-state index in [1.54, 1.807) is 16.9 Å². The summed E-state index contributed by atoms with van der Waals surface area (Å²) in [5.74, 6) is 2.66. The number of ether oxygens (including phenoxy) is 1. The van der Waals surface area contributed by atoms with E-state index in [1.165, 1.54) is 0 Å². The van der Waals surface area contributed by atoms with Crippen molar-refractivity contribution < 1.29 is 4.74 Å². The summed E-state index contributed by atoms with van der Waals surface area (Å²) in [6, 6.07) is 6.17. The molecule has 27 heavy (non-hydrogen) atoms. The Labute approximate surface area is 170 Å². The Kier molecular flexibility index (Phi) is 7.18. The molecule has 4 heterocycles. The highest BCUT2D eigenvalue weighted by Crippen LogP contribution is 2.24. The zero-order valence-electron chi connectivity index (χ0n) is 15.2. The van der Waals surface area contributed by atoms with E-state index in [0.717, 1.165) is 31.0 Å². The predicted molar refractivity (Wildman–Crippen MR) is 109 cm³/mol. The van der Waals surface area contributed by atoms with Crippen LogP contribution in [0.25, 0.3) is 17.2 Å². The number of nitrogens with one attached hydrogen (secondary N) is 1. The summed E-state index contributed by atoms with van der Waals surface area (Å²) in [7, 11) is 0. The lowest BCUT2D eigenvalue weighted by Crippen LogP contribution is -2.49. The van der Waals surface area contributed by atoms with Gasteiger partial charge in [0.1, 0.15) is 5.82 Å². The fourth-order valence-electron chi connectivity index (χ4n) is 3.04. The molecule has 1 aliphatic heterocycles. The van der Waals surface area contributed by atoms with Crippen LogP contribution in [0.4, 0.5) is 5.82 Å².